The van der Waals surface area contributed by atoms with E-state index in [0.29, 0.717) is 11.0 Å². The molecule has 0 aliphatic heterocycles. The second-order valence-electron chi connectivity index (χ2n) is 6.37. The van der Waals surface area contributed by atoms with Crippen LogP contribution in [0.15, 0.2) is 12.3 Å². The fourth-order valence-corrected chi connectivity index (χ4v) is 4.91. The largest absolute Gasteiger partial charge is 0.389 e. The van der Waals surface area contributed by atoms with Gasteiger partial charge < -0.3 is 11.1 Å². The van der Waals surface area contributed by atoms with Crippen molar-refractivity contribution in [3.05, 3.63) is 23.4 Å². The number of rotatable bonds is 3. The summed E-state index contributed by atoms with van der Waals surface area (Å²) < 4.78 is 0. The van der Waals surface area contributed by atoms with Gasteiger partial charge in [-0.05, 0) is 61.5 Å². The number of thiocarbonyl (C=S) groups is 1. The number of nitrogens with two attached hydrogens (primary N) is 1. The predicted molar refractivity (Wildman–Crippen MR) is 80.1 cm³/mol. The molecule has 4 unspecified atom stereocenters. The molecule has 1 aromatic rings. The van der Waals surface area contributed by atoms with E-state index in [1.807, 2.05) is 19.2 Å². The number of aryl methyl sites for hydroxylation is 1. The molecule has 0 amide bonds. The first-order chi connectivity index (χ1) is 9.16. The molecular formula is C15H19N3S. The van der Waals surface area contributed by atoms with Crippen molar-refractivity contribution >= 4 is 23.0 Å². The van der Waals surface area contributed by atoms with Gasteiger partial charge in [-0.15, -0.1) is 0 Å². The summed E-state index contributed by atoms with van der Waals surface area (Å²) in [5.41, 5.74) is 7.88. The number of anilines is 1. The van der Waals surface area contributed by atoms with E-state index >= 15 is 0 Å². The second-order valence-corrected chi connectivity index (χ2v) is 6.81. The Hall–Kier alpha value is -1.16. The molecule has 3 aliphatic carbocycles. The Kier molecular flexibility index (Phi) is 2.40. The topological polar surface area (TPSA) is 50.9 Å². The van der Waals surface area contributed by atoms with Crippen molar-refractivity contribution in [1.29, 1.82) is 0 Å². The summed E-state index contributed by atoms with van der Waals surface area (Å²) in [4.78, 5) is 4.91. The first kappa shape index (κ1) is 11.6. The highest BCUT2D eigenvalue weighted by Crippen LogP contribution is 2.66. The Morgan fingerprint density at radius 2 is 2.05 bits per heavy atom. The van der Waals surface area contributed by atoms with Crippen molar-refractivity contribution in [3.8, 4) is 0 Å². The van der Waals surface area contributed by atoms with E-state index in [1.165, 1.54) is 19.3 Å². The van der Waals surface area contributed by atoms with E-state index < -0.39 is 0 Å². The Labute approximate surface area is 119 Å². The Bertz CT molecular complexity index is 540. The van der Waals surface area contributed by atoms with Crippen molar-refractivity contribution in [1.82, 2.24) is 4.98 Å². The van der Waals surface area contributed by atoms with Crippen LogP contribution in [0, 0.1) is 30.6 Å². The average Bonchev–Trinajstić information content (AvgIpc) is 2.78. The third-order valence-electron chi connectivity index (χ3n) is 5.44. The number of nitrogens with zero attached hydrogens (tertiary/aromatic N) is 1. The van der Waals surface area contributed by atoms with E-state index in [1.54, 1.807) is 0 Å². The zero-order chi connectivity index (χ0) is 13.1. The van der Waals surface area contributed by atoms with Gasteiger partial charge in [-0.2, -0.15) is 0 Å². The molecule has 4 heteroatoms. The molecule has 0 radical (unpaired) electrons. The lowest BCUT2D eigenvalue weighted by Gasteiger charge is -2.15. The van der Waals surface area contributed by atoms with Gasteiger partial charge in [-0.3, -0.25) is 0 Å². The number of aromatic nitrogens is 1. The summed E-state index contributed by atoms with van der Waals surface area (Å²) in [6.07, 6.45) is 6.18. The van der Waals surface area contributed by atoms with Crippen molar-refractivity contribution in [2.24, 2.45) is 29.4 Å². The Balaban J connectivity index is 1.59. The van der Waals surface area contributed by atoms with Gasteiger partial charge in [0.2, 0.25) is 0 Å². The van der Waals surface area contributed by atoms with Crippen molar-refractivity contribution in [2.75, 3.05) is 5.32 Å². The molecule has 1 aromatic heterocycles. The number of hydrogen-bond acceptors (Lipinski definition) is 3. The van der Waals surface area contributed by atoms with Gasteiger partial charge >= 0.3 is 0 Å². The van der Waals surface area contributed by atoms with Crippen molar-refractivity contribution in [3.63, 3.8) is 0 Å². The minimum atomic E-state index is 0.446. The highest BCUT2D eigenvalue weighted by atomic mass is 32.1. The van der Waals surface area contributed by atoms with E-state index in [4.69, 9.17) is 18.0 Å². The minimum Gasteiger partial charge on any atom is -0.389 e. The normalized spacial score (nSPS) is 38.1. The maximum Gasteiger partial charge on any atom is 0.136 e. The van der Waals surface area contributed by atoms with Crippen LogP contribution < -0.4 is 11.1 Å². The third-order valence-corrected chi connectivity index (χ3v) is 5.65. The average molecular weight is 273 g/mol. The molecule has 2 bridgehead atoms. The monoisotopic (exact) mass is 273 g/mol. The molecule has 100 valence electrons. The lowest BCUT2D eigenvalue weighted by atomic mass is 10.0. The smallest absolute Gasteiger partial charge is 0.136 e. The third kappa shape index (κ3) is 1.62. The maximum absolute atomic E-state index is 5.85. The minimum absolute atomic E-state index is 0.446. The van der Waals surface area contributed by atoms with E-state index in [9.17, 15) is 0 Å². The molecular weight excluding hydrogens is 254 g/mol. The summed E-state index contributed by atoms with van der Waals surface area (Å²) in [6.45, 7) is 2.04. The first-order valence-electron chi connectivity index (χ1n) is 7.18. The van der Waals surface area contributed by atoms with E-state index in [-0.39, 0.29) is 0 Å². The summed E-state index contributed by atoms with van der Waals surface area (Å²) in [6, 6.07) is 2.59. The Morgan fingerprint density at radius 1 is 1.37 bits per heavy atom. The molecule has 3 fully saturated rings. The fraction of sp³-hybridized carbons (Fsp3) is 0.600. The van der Waals surface area contributed by atoms with Crippen LogP contribution in [-0.4, -0.2) is 16.0 Å². The first-order valence-corrected chi connectivity index (χ1v) is 7.59. The van der Waals surface area contributed by atoms with Crippen LogP contribution in [0.25, 0.3) is 0 Å². The number of pyridine rings is 1. The lowest BCUT2D eigenvalue weighted by Crippen LogP contribution is -2.19. The van der Waals surface area contributed by atoms with Gasteiger partial charge in [-0.25, -0.2) is 4.98 Å². The van der Waals surface area contributed by atoms with Crippen molar-refractivity contribution < 1.29 is 0 Å². The molecule has 3 N–H and O–H groups in total. The number of hydrogen-bond donors (Lipinski definition) is 2. The maximum atomic E-state index is 5.85. The van der Waals surface area contributed by atoms with E-state index in [0.717, 1.165) is 40.6 Å². The molecule has 0 spiro atoms. The zero-order valence-corrected chi connectivity index (χ0v) is 11.9. The predicted octanol–water partition coefficient (Wildman–Crippen LogP) is 2.48. The van der Waals surface area contributed by atoms with Gasteiger partial charge in [0.05, 0.1) is 5.56 Å². The molecule has 4 rings (SSSR count). The summed E-state index contributed by atoms with van der Waals surface area (Å²) in [5, 5.41) is 3.63. The molecule has 0 saturated heterocycles. The summed E-state index contributed by atoms with van der Waals surface area (Å²) >= 11 is 5.17. The molecule has 3 aliphatic rings. The molecule has 1 heterocycles. The molecule has 3 saturated carbocycles. The zero-order valence-electron chi connectivity index (χ0n) is 11.1. The van der Waals surface area contributed by atoms with Gasteiger partial charge in [0, 0.05) is 12.2 Å². The quantitative estimate of drug-likeness (QED) is 0.831. The van der Waals surface area contributed by atoms with Crippen LogP contribution in [0.1, 0.15) is 30.4 Å². The number of nitrogens with one attached hydrogen (secondary N) is 1. The second kappa shape index (κ2) is 3.92. The van der Waals surface area contributed by atoms with Crippen LogP contribution >= 0.6 is 12.2 Å². The molecule has 3 nitrogen and oxygen atoms in total. The SMILES string of the molecule is Cc1ccnc(NC2C3C4CCC(C4)C23)c1C(N)=S. The highest BCUT2D eigenvalue weighted by molar-refractivity contribution is 7.80. The number of fused-ring (bicyclic) bond motifs is 5. The van der Waals surface area contributed by atoms with Crippen LogP contribution in [0.3, 0.4) is 0 Å². The molecule has 19 heavy (non-hydrogen) atoms. The van der Waals surface area contributed by atoms with Crippen LogP contribution in [-0.2, 0) is 0 Å². The van der Waals surface area contributed by atoms with Crippen LogP contribution in [0.2, 0.25) is 0 Å². The standard InChI is InChI=1S/C15H19N3S/c1-7-4-5-17-15(10(7)14(16)19)18-13-11-8-2-3-9(6-8)12(11)13/h4-5,8-9,11-13H,2-3,6H2,1H3,(H2,16,19)(H,17,18). The van der Waals surface area contributed by atoms with Crippen molar-refractivity contribution in [2.45, 2.75) is 32.2 Å². The lowest BCUT2D eigenvalue weighted by molar-refractivity contribution is 0.456. The fourth-order valence-electron chi connectivity index (χ4n) is 4.66. The van der Waals surface area contributed by atoms with Gasteiger partial charge in [-0.1, -0.05) is 12.2 Å². The van der Waals surface area contributed by atoms with E-state index in [2.05, 4.69) is 10.3 Å². The summed E-state index contributed by atoms with van der Waals surface area (Å²) in [5.74, 6) is 4.60. The highest BCUT2D eigenvalue weighted by Gasteiger charge is 2.65. The van der Waals surface area contributed by atoms with Gasteiger partial charge in [0.25, 0.3) is 0 Å². The van der Waals surface area contributed by atoms with Gasteiger partial charge in [0.1, 0.15) is 10.8 Å². The van der Waals surface area contributed by atoms with Gasteiger partial charge in [0.15, 0.2) is 0 Å². The Morgan fingerprint density at radius 3 is 2.68 bits per heavy atom. The van der Waals surface area contributed by atoms with Crippen LogP contribution in [0.4, 0.5) is 5.82 Å². The van der Waals surface area contributed by atoms with Crippen LogP contribution in [0.5, 0.6) is 0 Å². The molecule has 4 atom stereocenters. The summed E-state index contributed by atoms with van der Waals surface area (Å²) in [7, 11) is 0. The molecule has 0 aromatic carbocycles.